The van der Waals surface area contributed by atoms with Gasteiger partial charge in [-0.2, -0.15) is 0 Å². The number of hydrogen-bond donors (Lipinski definition) is 1. The molecule has 0 spiro atoms. The number of nitrogens with zero attached hydrogens (tertiary/aromatic N) is 3. The van der Waals surface area contributed by atoms with Crippen molar-refractivity contribution >= 4 is 17.4 Å². The zero-order chi connectivity index (χ0) is 16.8. The third-order valence-electron chi connectivity index (χ3n) is 4.11. The van der Waals surface area contributed by atoms with Crippen molar-refractivity contribution < 1.29 is 9.53 Å². The van der Waals surface area contributed by atoms with Gasteiger partial charge >= 0.3 is 0 Å². The Morgan fingerprint density at radius 1 is 1.12 bits per heavy atom. The maximum Gasteiger partial charge on any atom is 0.274 e. The maximum absolute atomic E-state index is 12.5. The zero-order valence-electron chi connectivity index (χ0n) is 13.9. The number of benzene rings is 1. The fraction of sp³-hybridized carbons (Fsp3) is 0.389. The first-order valence-electron chi connectivity index (χ1n) is 8.28. The smallest absolute Gasteiger partial charge is 0.274 e. The summed E-state index contributed by atoms with van der Waals surface area (Å²) in [5, 5.41) is 3.16. The van der Waals surface area contributed by atoms with Crippen molar-refractivity contribution in [2.24, 2.45) is 0 Å². The van der Waals surface area contributed by atoms with Gasteiger partial charge in [-0.15, -0.1) is 0 Å². The van der Waals surface area contributed by atoms with Crippen LogP contribution >= 0.6 is 0 Å². The van der Waals surface area contributed by atoms with Crippen molar-refractivity contribution in [1.82, 2.24) is 14.9 Å². The van der Waals surface area contributed by atoms with E-state index in [-0.39, 0.29) is 5.91 Å². The average Bonchev–Trinajstić information content (AvgIpc) is 2.91. The summed E-state index contributed by atoms with van der Waals surface area (Å²) in [5.74, 6) is 1.33. The Labute approximate surface area is 141 Å². The highest BCUT2D eigenvalue weighted by atomic mass is 16.5. The van der Waals surface area contributed by atoms with Gasteiger partial charge in [-0.3, -0.25) is 4.79 Å². The van der Waals surface area contributed by atoms with Crippen molar-refractivity contribution in [3.05, 3.63) is 42.4 Å². The summed E-state index contributed by atoms with van der Waals surface area (Å²) in [6.07, 6.45) is 7.64. The monoisotopic (exact) mass is 326 g/mol. The van der Waals surface area contributed by atoms with Gasteiger partial charge in [0.05, 0.1) is 19.5 Å². The highest BCUT2D eigenvalue weighted by Crippen LogP contribution is 2.20. The van der Waals surface area contributed by atoms with Crippen LogP contribution in [0.2, 0.25) is 0 Å². The third-order valence-corrected chi connectivity index (χ3v) is 4.11. The number of aromatic nitrogens is 2. The minimum absolute atomic E-state index is 0.0302. The molecule has 1 aliphatic heterocycles. The first-order valence-corrected chi connectivity index (χ1v) is 8.28. The lowest BCUT2D eigenvalue weighted by Crippen LogP contribution is -2.32. The predicted molar refractivity (Wildman–Crippen MR) is 92.7 cm³/mol. The van der Waals surface area contributed by atoms with Crippen LogP contribution in [0.5, 0.6) is 5.75 Å². The molecule has 1 aliphatic rings. The first kappa shape index (κ1) is 16.2. The van der Waals surface area contributed by atoms with Crippen molar-refractivity contribution in [2.75, 3.05) is 25.5 Å². The Balaban J connectivity index is 1.67. The van der Waals surface area contributed by atoms with Crippen LogP contribution < -0.4 is 10.1 Å². The minimum atomic E-state index is -0.0302. The highest BCUT2D eigenvalue weighted by Gasteiger charge is 2.18. The van der Waals surface area contributed by atoms with Gasteiger partial charge < -0.3 is 15.0 Å². The van der Waals surface area contributed by atoms with Gasteiger partial charge in [-0.05, 0) is 25.0 Å². The second-order valence-electron chi connectivity index (χ2n) is 5.85. The SMILES string of the molecule is COc1cccc(Nc2cnc(C(=O)N3CCCCCC3)cn2)c1. The molecule has 2 aromatic rings. The second-order valence-corrected chi connectivity index (χ2v) is 5.85. The van der Waals surface area contributed by atoms with E-state index in [0.29, 0.717) is 11.5 Å². The molecule has 1 saturated heterocycles. The normalized spacial score (nSPS) is 14.8. The predicted octanol–water partition coefficient (Wildman–Crippen LogP) is 3.25. The van der Waals surface area contributed by atoms with Crippen LogP contribution in [0, 0.1) is 0 Å². The Morgan fingerprint density at radius 2 is 1.92 bits per heavy atom. The lowest BCUT2D eigenvalue weighted by atomic mass is 10.2. The van der Waals surface area contributed by atoms with Crippen molar-refractivity contribution in [3.63, 3.8) is 0 Å². The summed E-state index contributed by atoms with van der Waals surface area (Å²) in [7, 11) is 1.63. The van der Waals surface area contributed by atoms with Crippen LogP contribution in [0.4, 0.5) is 11.5 Å². The summed E-state index contributed by atoms with van der Waals surface area (Å²) in [5.41, 5.74) is 1.25. The summed E-state index contributed by atoms with van der Waals surface area (Å²) >= 11 is 0. The number of amides is 1. The number of anilines is 2. The molecule has 0 unspecified atom stereocenters. The number of nitrogens with one attached hydrogen (secondary N) is 1. The van der Waals surface area contributed by atoms with E-state index in [1.54, 1.807) is 13.3 Å². The molecule has 1 fully saturated rings. The van der Waals surface area contributed by atoms with Gasteiger partial charge in [-0.25, -0.2) is 9.97 Å². The van der Waals surface area contributed by atoms with Gasteiger partial charge in [0.1, 0.15) is 17.3 Å². The lowest BCUT2D eigenvalue weighted by Gasteiger charge is -2.19. The molecule has 0 atom stereocenters. The first-order chi connectivity index (χ1) is 11.8. The second kappa shape index (κ2) is 7.77. The van der Waals surface area contributed by atoms with Crippen molar-refractivity contribution in [3.8, 4) is 5.75 Å². The van der Waals surface area contributed by atoms with E-state index in [9.17, 15) is 4.79 Å². The van der Waals surface area contributed by atoms with E-state index < -0.39 is 0 Å². The molecule has 0 radical (unpaired) electrons. The zero-order valence-corrected chi connectivity index (χ0v) is 13.9. The number of carbonyl (C=O) groups excluding carboxylic acids is 1. The number of ether oxygens (including phenoxy) is 1. The van der Waals surface area contributed by atoms with E-state index in [1.807, 2.05) is 29.2 Å². The molecule has 1 aromatic carbocycles. The molecule has 24 heavy (non-hydrogen) atoms. The van der Waals surface area contributed by atoms with Gasteiger partial charge in [0.15, 0.2) is 0 Å². The van der Waals surface area contributed by atoms with Gasteiger partial charge in [-0.1, -0.05) is 18.9 Å². The molecule has 3 rings (SSSR count). The summed E-state index contributed by atoms with van der Waals surface area (Å²) in [6, 6.07) is 7.56. The standard InChI is InChI=1S/C18H22N4O2/c1-24-15-8-6-7-14(11-15)21-17-13-19-16(12-20-17)18(23)22-9-4-2-3-5-10-22/h6-8,11-13H,2-5,9-10H2,1H3,(H,20,21). The summed E-state index contributed by atoms with van der Waals surface area (Å²) in [4.78, 5) is 23.0. The highest BCUT2D eigenvalue weighted by molar-refractivity contribution is 5.92. The molecule has 1 aromatic heterocycles. The van der Waals surface area contributed by atoms with Crippen LogP contribution in [-0.4, -0.2) is 41.0 Å². The van der Waals surface area contributed by atoms with E-state index in [4.69, 9.17) is 4.74 Å². The van der Waals surface area contributed by atoms with Crippen LogP contribution in [0.3, 0.4) is 0 Å². The summed E-state index contributed by atoms with van der Waals surface area (Å²) < 4.78 is 5.19. The maximum atomic E-state index is 12.5. The number of likely N-dealkylation sites (tertiary alicyclic amines) is 1. The topological polar surface area (TPSA) is 67.3 Å². The fourth-order valence-corrected chi connectivity index (χ4v) is 2.79. The Kier molecular flexibility index (Phi) is 5.25. The molecule has 6 heteroatoms. The number of methoxy groups -OCH3 is 1. The van der Waals surface area contributed by atoms with E-state index in [2.05, 4.69) is 15.3 Å². The van der Waals surface area contributed by atoms with Crippen LogP contribution in [0.25, 0.3) is 0 Å². The average molecular weight is 326 g/mol. The fourth-order valence-electron chi connectivity index (χ4n) is 2.79. The number of carbonyl (C=O) groups is 1. The molecule has 0 bridgehead atoms. The van der Waals surface area contributed by atoms with Gasteiger partial charge in [0.25, 0.3) is 5.91 Å². The Morgan fingerprint density at radius 3 is 2.58 bits per heavy atom. The molecule has 0 saturated carbocycles. The lowest BCUT2D eigenvalue weighted by molar-refractivity contribution is 0.0755. The third kappa shape index (κ3) is 4.01. The molecule has 1 amide bonds. The van der Waals surface area contributed by atoms with E-state index >= 15 is 0 Å². The van der Waals surface area contributed by atoms with Gasteiger partial charge in [0, 0.05) is 24.8 Å². The van der Waals surface area contributed by atoms with Crippen LogP contribution in [-0.2, 0) is 0 Å². The number of rotatable bonds is 4. The van der Waals surface area contributed by atoms with E-state index in [1.165, 1.54) is 19.0 Å². The molecular formula is C18H22N4O2. The Bertz CT molecular complexity index is 680. The molecule has 126 valence electrons. The van der Waals surface area contributed by atoms with E-state index in [0.717, 1.165) is 37.4 Å². The van der Waals surface area contributed by atoms with Crippen molar-refractivity contribution in [1.29, 1.82) is 0 Å². The van der Waals surface area contributed by atoms with Crippen LogP contribution in [0.15, 0.2) is 36.7 Å². The molecule has 6 nitrogen and oxygen atoms in total. The summed E-state index contributed by atoms with van der Waals surface area (Å²) in [6.45, 7) is 1.62. The molecular weight excluding hydrogens is 304 g/mol. The Hall–Kier alpha value is -2.63. The molecule has 2 heterocycles. The van der Waals surface area contributed by atoms with Crippen LogP contribution in [0.1, 0.15) is 36.2 Å². The minimum Gasteiger partial charge on any atom is -0.497 e. The quantitative estimate of drug-likeness (QED) is 0.934. The molecule has 0 aliphatic carbocycles. The number of hydrogen-bond acceptors (Lipinski definition) is 5. The largest absolute Gasteiger partial charge is 0.497 e. The van der Waals surface area contributed by atoms with Crippen molar-refractivity contribution in [2.45, 2.75) is 25.7 Å². The molecule has 1 N–H and O–H groups in total. The van der Waals surface area contributed by atoms with Gasteiger partial charge in [0.2, 0.25) is 0 Å².